The maximum atomic E-state index is 11.9. The number of amides is 2. The predicted molar refractivity (Wildman–Crippen MR) is 72.0 cm³/mol. The molecule has 0 radical (unpaired) electrons. The van der Waals surface area contributed by atoms with E-state index in [1.165, 1.54) is 19.3 Å². The molecule has 1 saturated carbocycles. The van der Waals surface area contributed by atoms with Gasteiger partial charge in [-0.05, 0) is 25.0 Å². The van der Waals surface area contributed by atoms with Crippen molar-refractivity contribution in [3.8, 4) is 0 Å². The summed E-state index contributed by atoms with van der Waals surface area (Å²) in [7, 11) is 0. The molecule has 2 heterocycles. The monoisotopic (exact) mass is 259 g/mol. The van der Waals surface area contributed by atoms with Crippen molar-refractivity contribution in [2.75, 3.05) is 5.32 Å². The van der Waals surface area contributed by atoms with E-state index < -0.39 is 0 Å². The van der Waals surface area contributed by atoms with Gasteiger partial charge in [-0.15, -0.1) is 10.2 Å². The molecule has 100 valence electrons. The highest BCUT2D eigenvalue weighted by atomic mass is 16.2. The van der Waals surface area contributed by atoms with Crippen molar-refractivity contribution in [3.05, 3.63) is 24.4 Å². The van der Waals surface area contributed by atoms with E-state index >= 15 is 0 Å². The molecule has 0 unspecified atom stereocenters. The van der Waals surface area contributed by atoms with Crippen LogP contribution in [0.1, 0.15) is 32.1 Å². The summed E-state index contributed by atoms with van der Waals surface area (Å²) >= 11 is 0. The van der Waals surface area contributed by atoms with Crippen molar-refractivity contribution in [1.29, 1.82) is 0 Å². The van der Waals surface area contributed by atoms with E-state index in [0.29, 0.717) is 5.95 Å². The molecule has 1 fully saturated rings. The third-order valence-electron chi connectivity index (χ3n) is 3.48. The molecule has 19 heavy (non-hydrogen) atoms. The lowest BCUT2D eigenvalue weighted by Gasteiger charge is -2.22. The van der Waals surface area contributed by atoms with Gasteiger partial charge in [0.15, 0.2) is 5.65 Å². The maximum absolute atomic E-state index is 11.9. The van der Waals surface area contributed by atoms with Gasteiger partial charge in [-0.1, -0.05) is 25.3 Å². The molecule has 0 aromatic carbocycles. The van der Waals surface area contributed by atoms with Gasteiger partial charge in [0, 0.05) is 12.2 Å². The molecule has 2 aromatic heterocycles. The van der Waals surface area contributed by atoms with Crippen LogP contribution in [0, 0.1) is 0 Å². The molecule has 1 aliphatic carbocycles. The fraction of sp³-hybridized carbons (Fsp3) is 0.462. The van der Waals surface area contributed by atoms with Gasteiger partial charge in [-0.2, -0.15) is 0 Å². The molecule has 0 spiro atoms. The summed E-state index contributed by atoms with van der Waals surface area (Å²) in [6.07, 6.45) is 7.61. The van der Waals surface area contributed by atoms with Crippen LogP contribution >= 0.6 is 0 Å². The number of pyridine rings is 1. The highest BCUT2D eigenvalue weighted by Gasteiger charge is 2.16. The minimum atomic E-state index is -0.204. The number of urea groups is 1. The zero-order valence-electron chi connectivity index (χ0n) is 10.7. The van der Waals surface area contributed by atoms with Crippen LogP contribution in [-0.4, -0.2) is 26.7 Å². The first-order chi connectivity index (χ1) is 9.33. The van der Waals surface area contributed by atoms with Crippen LogP contribution in [0.4, 0.5) is 10.7 Å². The molecule has 6 nitrogen and oxygen atoms in total. The van der Waals surface area contributed by atoms with E-state index in [1.807, 2.05) is 24.4 Å². The smallest absolute Gasteiger partial charge is 0.321 e. The third-order valence-corrected chi connectivity index (χ3v) is 3.48. The second-order valence-electron chi connectivity index (χ2n) is 4.89. The van der Waals surface area contributed by atoms with Crippen LogP contribution in [0.2, 0.25) is 0 Å². The van der Waals surface area contributed by atoms with Crippen LogP contribution in [0.5, 0.6) is 0 Å². The lowest BCUT2D eigenvalue weighted by molar-refractivity contribution is 0.244. The number of hydrogen-bond donors (Lipinski definition) is 2. The van der Waals surface area contributed by atoms with Crippen LogP contribution in [0.3, 0.4) is 0 Å². The summed E-state index contributed by atoms with van der Waals surface area (Å²) in [5.74, 6) is 0.448. The Hall–Kier alpha value is -2.11. The van der Waals surface area contributed by atoms with Gasteiger partial charge < -0.3 is 5.32 Å². The molecule has 0 saturated heterocycles. The fourth-order valence-electron chi connectivity index (χ4n) is 2.50. The minimum absolute atomic E-state index is 0.204. The summed E-state index contributed by atoms with van der Waals surface area (Å²) in [5.41, 5.74) is 0.718. The molecule has 3 rings (SSSR count). The standard InChI is InChI=1S/C13H17N5O/c19-13(14-10-6-2-1-3-7-10)15-12-17-16-11-8-4-5-9-18(11)12/h4-5,8-10H,1-3,6-7H2,(H2,14,15,17,19). The van der Waals surface area contributed by atoms with E-state index in [9.17, 15) is 4.79 Å². The van der Waals surface area contributed by atoms with Crippen molar-refractivity contribution in [2.45, 2.75) is 38.1 Å². The number of carbonyl (C=O) groups excluding carboxylic acids is 1. The van der Waals surface area contributed by atoms with E-state index in [1.54, 1.807) is 4.40 Å². The van der Waals surface area contributed by atoms with Crippen molar-refractivity contribution in [1.82, 2.24) is 19.9 Å². The molecule has 0 bridgehead atoms. The first-order valence-electron chi connectivity index (χ1n) is 6.70. The normalized spacial score (nSPS) is 16.4. The summed E-state index contributed by atoms with van der Waals surface area (Å²) in [6.45, 7) is 0. The molecule has 6 heteroatoms. The van der Waals surface area contributed by atoms with Gasteiger partial charge in [0.25, 0.3) is 0 Å². The number of anilines is 1. The molecule has 0 atom stereocenters. The van der Waals surface area contributed by atoms with E-state index in [2.05, 4.69) is 20.8 Å². The molecule has 0 aliphatic heterocycles. The van der Waals surface area contributed by atoms with Crippen molar-refractivity contribution < 1.29 is 4.79 Å². The number of fused-ring (bicyclic) bond motifs is 1. The predicted octanol–water partition coefficient (Wildman–Crippen LogP) is 2.18. The Bertz CT molecular complexity index is 573. The lowest BCUT2D eigenvalue weighted by atomic mass is 9.96. The Morgan fingerprint density at radius 3 is 2.89 bits per heavy atom. The second-order valence-corrected chi connectivity index (χ2v) is 4.89. The van der Waals surface area contributed by atoms with E-state index in [4.69, 9.17) is 0 Å². The second kappa shape index (κ2) is 5.26. The van der Waals surface area contributed by atoms with Crippen molar-refractivity contribution >= 4 is 17.6 Å². The zero-order valence-corrected chi connectivity index (χ0v) is 10.7. The van der Waals surface area contributed by atoms with Crippen LogP contribution in [0.15, 0.2) is 24.4 Å². The molecule has 2 aromatic rings. The number of rotatable bonds is 2. The van der Waals surface area contributed by atoms with E-state index in [-0.39, 0.29) is 12.1 Å². The maximum Gasteiger partial charge on any atom is 0.321 e. The first-order valence-corrected chi connectivity index (χ1v) is 6.70. The number of carbonyl (C=O) groups is 1. The van der Waals surface area contributed by atoms with Crippen LogP contribution < -0.4 is 10.6 Å². The third kappa shape index (κ3) is 2.67. The van der Waals surface area contributed by atoms with Gasteiger partial charge in [-0.3, -0.25) is 9.72 Å². The fourth-order valence-corrected chi connectivity index (χ4v) is 2.50. The zero-order chi connectivity index (χ0) is 13.1. The highest BCUT2D eigenvalue weighted by Crippen LogP contribution is 2.17. The number of aromatic nitrogens is 3. The largest absolute Gasteiger partial charge is 0.335 e. The topological polar surface area (TPSA) is 71.3 Å². The Morgan fingerprint density at radius 2 is 2.05 bits per heavy atom. The average Bonchev–Trinajstić information content (AvgIpc) is 2.83. The van der Waals surface area contributed by atoms with Gasteiger partial charge >= 0.3 is 6.03 Å². The number of nitrogens with one attached hydrogen (secondary N) is 2. The average molecular weight is 259 g/mol. The summed E-state index contributed by atoms with van der Waals surface area (Å²) in [4.78, 5) is 11.9. The first kappa shape index (κ1) is 12.0. The molecular formula is C13H17N5O. The molecule has 1 aliphatic rings. The number of nitrogens with zero attached hydrogens (tertiary/aromatic N) is 3. The SMILES string of the molecule is O=C(Nc1nnc2ccccn12)NC1CCCCC1. The Labute approximate surface area is 111 Å². The molecular weight excluding hydrogens is 242 g/mol. The van der Waals surface area contributed by atoms with Crippen molar-refractivity contribution in [2.24, 2.45) is 0 Å². The Kier molecular flexibility index (Phi) is 3.31. The summed E-state index contributed by atoms with van der Waals surface area (Å²) in [5, 5.41) is 13.7. The highest BCUT2D eigenvalue weighted by molar-refractivity contribution is 5.87. The summed E-state index contributed by atoms with van der Waals surface area (Å²) in [6, 6.07) is 5.69. The lowest BCUT2D eigenvalue weighted by Crippen LogP contribution is -2.39. The van der Waals surface area contributed by atoms with Crippen LogP contribution in [0.25, 0.3) is 5.65 Å². The molecule has 2 N–H and O–H groups in total. The van der Waals surface area contributed by atoms with Gasteiger partial charge in [0.1, 0.15) is 0 Å². The quantitative estimate of drug-likeness (QED) is 0.868. The minimum Gasteiger partial charge on any atom is -0.335 e. The van der Waals surface area contributed by atoms with Crippen molar-refractivity contribution in [3.63, 3.8) is 0 Å². The summed E-state index contributed by atoms with van der Waals surface area (Å²) < 4.78 is 1.75. The van der Waals surface area contributed by atoms with Gasteiger partial charge in [0.05, 0.1) is 0 Å². The van der Waals surface area contributed by atoms with E-state index in [0.717, 1.165) is 18.5 Å². The van der Waals surface area contributed by atoms with Gasteiger partial charge in [0.2, 0.25) is 5.95 Å². The molecule has 2 amide bonds. The van der Waals surface area contributed by atoms with Crippen LogP contribution in [-0.2, 0) is 0 Å². The Morgan fingerprint density at radius 1 is 1.21 bits per heavy atom. The van der Waals surface area contributed by atoms with Gasteiger partial charge in [-0.25, -0.2) is 4.79 Å². The number of hydrogen-bond acceptors (Lipinski definition) is 3. The Balaban J connectivity index is 1.65.